The van der Waals surface area contributed by atoms with Crippen LogP contribution < -0.4 is 5.32 Å². The lowest BCUT2D eigenvalue weighted by Crippen LogP contribution is -2.34. The van der Waals surface area contributed by atoms with Crippen molar-refractivity contribution in [1.29, 1.82) is 0 Å². The number of ether oxygens (including phenoxy) is 1. The molecule has 1 heterocycles. The molecule has 2 unspecified atom stereocenters. The van der Waals surface area contributed by atoms with Crippen LogP contribution in [0.5, 0.6) is 0 Å². The molecule has 3 rings (SSSR count). The summed E-state index contributed by atoms with van der Waals surface area (Å²) in [7, 11) is 1.39. The largest absolute Gasteiger partial charge is 0.465 e. The van der Waals surface area contributed by atoms with Crippen LogP contribution in [0.3, 0.4) is 0 Å². The van der Waals surface area contributed by atoms with Gasteiger partial charge in [-0.1, -0.05) is 42.5 Å². The zero-order valence-corrected chi connectivity index (χ0v) is 15.1. The molecule has 0 spiro atoms. The SMILES string of the molecule is COC(=O)c1ccc(CNC(CN2CCC(O)C2)c2ccccc2)cc1. The minimum absolute atomic E-state index is 0.182. The average Bonchev–Trinajstić information content (AvgIpc) is 3.10. The molecule has 138 valence electrons. The molecule has 1 saturated heterocycles. The van der Waals surface area contributed by atoms with Gasteiger partial charge in [0.1, 0.15) is 0 Å². The predicted octanol–water partition coefficient (Wildman–Crippen LogP) is 2.37. The minimum Gasteiger partial charge on any atom is -0.465 e. The van der Waals surface area contributed by atoms with Crippen molar-refractivity contribution >= 4 is 5.97 Å². The molecule has 1 aliphatic rings. The van der Waals surface area contributed by atoms with Gasteiger partial charge in [-0.05, 0) is 29.7 Å². The second-order valence-corrected chi connectivity index (χ2v) is 6.73. The smallest absolute Gasteiger partial charge is 0.337 e. The van der Waals surface area contributed by atoms with E-state index in [1.54, 1.807) is 12.1 Å². The number of hydrogen-bond acceptors (Lipinski definition) is 5. The van der Waals surface area contributed by atoms with Crippen molar-refractivity contribution in [2.75, 3.05) is 26.7 Å². The highest BCUT2D eigenvalue weighted by atomic mass is 16.5. The summed E-state index contributed by atoms with van der Waals surface area (Å²) in [5.41, 5.74) is 2.90. The molecule has 2 aromatic rings. The zero-order chi connectivity index (χ0) is 18.4. The second kappa shape index (κ2) is 8.94. The van der Waals surface area contributed by atoms with Crippen LogP contribution in [0.25, 0.3) is 0 Å². The van der Waals surface area contributed by atoms with Crippen molar-refractivity contribution < 1.29 is 14.6 Å². The fourth-order valence-corrected chi connectivity index (χ4v) is 3.33. The van der Waals surface area contributed by atoms with E-state index in [0.29, 0.717) is 12.1 Å². The van der Waals surface area contributed by atoms with Crippen molar-refractivity contribution in [2.24, 2.45) is 0 Å². The maximum absolute atomic E-state index is 11.5. The van der Waals surface area contributed by atoms with Crippen molar-refractivity contribution in [3.05, 3.63) is 71.3 Å². The maximum Gasteiger partial charge on any atom is 0.337 e. The molecule has 5 nitrogen and oxygen atoms in total. The summed E-state index contributed by atoms with van der Waals surface area (Å²) in [5, 5.41) is 13.4. The Morgan fingerprint density at radius 1 is 1.23 bits per heavy atom. The van der Waals surface area contributed by atoms with Crippen molar-refractivity contribution in [3.63, 3.8) is 0 Å². The van der Waals surface area contributed by atoms with Gasteiger partial charge in [0.2, 0.25) is 0 Å². The number of carbonyl (C=O) groups excluding carboxylic acids is 1. The van der Waals surface area contributed by atoms with Gasteiger partial charge in [-0.15, -0.1) is 0 Å². The van der Waals surface area contributed by atoms with Gasteiger partial charge in [-0.2, -0.15) is 0 Å². The molecule has 2 atom stereocenters. The van der Waals surface area contributed by atoms with E-state index in [2.05, 4.69) is 22.3 Å². The number of aliphatic hydroxyl groups is 1. The molecule has 5 heteroatoms. The third kappa shape index (κ3) is 4.91. The highest BCUT2D eigenvalue weighted by molar-refractivity contribution is 5.89. The van der Waals surface area contributed by atoms with E-state index in [9.17, 15) is 9.90 Å². The fourth-order valence-electron chi connectivity index (χ4n) is 3.33. The van der Waals surface area contributed by atoms with Crippen LogP contribution in [0.1, 0.15) is 33.9 Å². The van der Waals surface area contributed by atoms with E-state index in [1.165, 1.54) is 12.7 Å². The Labute approximate surface area is 154 Å². The van der Waals surface area contributed by atoms with Gasteiger partial charge in [0.15, 0.2) is 0 Å². The summed E-state index contributed by atoms with van der Waals surface area (Å²) < 4.78 is 4.73. The van der Waals surface area contributed by atoms with Crippen LogP contribution in [0, 0.1) is 0 Å². The van der Waals surface area contributed by atoms with E-state index < -0.39 is 0 Å². The monoisotopic (exact) mass is 354 g/mol. The van der Waals surface area contributed by atoms with Gasteiger partial charge in [-0.25, -0.2) is 4.79 Å². The van der Waals surface area contributed by atoms with Crippen LogP contribution in [-0.4, -0.2) is 48.8 Å². The van der Waals surface area contributed by atoms with Crippen LogP contribution in [0.4, 0.5) is 0 Å². The number of rotatable bonds is 7. The standard InChI is InChI=1S/C21H26N2O3/c1-26-21(25)18-9-7-16(8-10-18)13-22-20(17-5-3-2-4-6-17)15-23-12-11-19(24)14-23/h2-10,19-20,22,24H,11-15H2,1H3. The Balaban J connectivity index is 1.64. The van der Waals surface area contributed by atoms with Gasteiger partial charge in [-0.3, -0.25) is 4.90 Å². The molecule has 1 aliphatic heterocycles. The Kier molecular flexibility index (Phi) is 6.39. The molecule has 2 N–H and O–H groups in total. The molecule has 0 amide bonds. The van der Waals surface area contributed by atoms with Crippen molar-refractivity contribution in [1.82, 2.24) is 10.2 Å². The summed E-state index contributed by atoms with van der Waals surface area (Å²) in [5.74, 6) is -0.320. The molecule has 26 heavy (non-hydrogen) atoms. The van der Waals surface area contributed by atoms with Crippen LogP contribution >= 0.6 is 0 Å². The van der Waals surface area contributed by atoms with E-state index >= 15 is 0 Å². The van der Waals surface area contributed by atoms with Crippen LogP contribution in [-0.2, 0) is 11.3 Å². The summed E-state index contributed by atoms with van der Waals surface area (Å²) in [6.07, 6.45) is 0.633. The molecule has 0 saturated carbocycles. The molecule has 1 fully saturated rings. The Hall–Kier alpha value is -2.21. The van der Waals surface area contributed by atoms with Crippen LogP contribution in [0.2, 0.25) is 0 Å². The quantitative estimate of drug-likeness (QED) is 0.748. The van der Waals surface area contributed by atoms with E-state index in [1.807, 2.05) is 30.3 Å². The Morgan fingerprint density at radius 3 is 2.58 bits per heavy atom. The lowest BCUT2D eigenvalue weighted by Gasteiger charge is -2.25. The minimum atomic E-state index is -0.320. The maximum atomic E-state index is 11.5. The summed E-state index contributed by atoms with van der Waals surface area (Å²) in [6, 6.07) is 18.0. The first-order chi connectivity index (χ1) is 12.7. The van der Waals surface area contributed by atoms with E-state index in [4.69, 9.17) is 4.74 Å². The zero-order valence-electron chi connectivity index (χ0n) is 15.1. The van der Waals surface area contributed by atoms with Gasteiger partial charge in [0, 0.05) is 32.2 Å². The molecule has 2 aromatic carbocycles. The topological polar surface area (TPSA) is 61.8 Å². The number of nitrogens with one attached hydrogen (secondary N) is 1. The number of nitrogens with zero attached hydrogens (tertiary/aromatic N) is 1. The van der Waals surface area contributed by atoms with Crippen LogP contribution in [0.15, 0.2) is 54.6 Å². The Bertz CT molecular complexity index is 703. The third-order valence-electron chi connectivity index (χ3n) is 4.82. The lowest BCUT2D eigenvalue weighted by molar-refractivity contribution is 0.0600. The number of hydrogen-bond donors (Lipinski definition) is 2. The lowest BCUT2D eigenvalue weighted by atomic mass is 10.1. The molecule has 0 radical (unpaired) electrons. The first-order valence-corrected chi connectivity index (χ1v) is 9.01. The van der Waals surface area contributed by atoms with Crippen molar-refractivity contribution in [3.8, 4) is 0 Å². The normalized spacial score (nSPS) is 18.6. The van der Waals surface area contributed by atoms with E-state index in [-0.39, 0.29) is 18.1 Å². The molecule has 0 bridgehead atoms. The predicted molar refractivity (Wildman–Crippen MR) is 101 cm³/mol. The van der Waals surface area contributed by atoms with Gasteiger partial charge in [0.25, 0.3) is 0 Å². The fraction of sp³-hybridized carbons (Fsp3) is 0.381. The molecule has 0 aromatic heterocycles. The number of likely N-dealkylation sites (tertiary alicyclic amines) is 1. The number of methoxy groups -OCH3 is 1. The van der Waals surface area contributed by atoms with Gasteiger partial charge >= 0.3 is 5.97 Å². The van der Waals surface area contributed by atoms with Crippen molar-refractivity contribution in [2.45, 2.75) is 25.1 Å². The number of carbonyl (C=O) groups is 1. The number of benzene rings is 2. The second-order valence-electron chi connectivity index (χ2n) is 6.73. The summed E-state index contributed by atoms with van der Waals surface area (Å²) >= 11 is 0. The molecular weight excluding hydrogens is 328 g/mol. The number of aliphatic hydroxyl groups excluding tert-OH is 1. The third-order valence-corrected chi connectivity index (χ3v) is 4.82. The van der Waals surface area contributed by atoms with E-state index in [0.717, 1.165) is 31.6 Å². The van der Waals surface area contributed by atoms with Gasteiger partial charge in [0.05, 0.1) is 18.8 Å². The average molecular weight is 354 g/mol. The summed E-state index contributed by atoms with van der Waals surface area (Å²) in [6.45, 7) is 3.23. The first kappa shape index (κ1) is 18.6. The number of β-amino-alcohol motifs (C(OH)–C–C–N with tert-alkyl or cyclic N) is 1. The highest BCUT2D eigenvalue weighted by Crippen LogP contribution is 2.19. The molecule has 0 aliphatic carbocycles. The summed E-state index contributed by atoms with van der Waals surface area (Å²) in [4.78, 5) is 13.8. The number of esters is 1. The first-order valence-electron chi connectivity index (χ1n) is 9.01. The molecular formula is C21H26N2O3. The highest BCUT2D eigenvalue weighted by Gasteiger charge is 2.23. The Morgan fingerprint density at radius 2 is 1.96 bits per heavy atom. The van der Waals surface area contributed by atoms with Gasteiger partial charge < -0.3 is 15.2 Å².